The lowest BCUT2D eigenvalue weighted by molar-refractivity contribution is -0.120. The van der Waals surface area contributed by atoms with E-state index in [4.69, 9.17) is 4.74 Å². The molecule has 1 heterocycles. The van der Waals surface area contributed by atoms with Crippen molar-refractivity contribution in [1.29, 1.82) is 0 Å². The smallest absolute Gasteiger partial charge is 0.188 e. The lowest BCUT2D eigenvalue weighted by Gasteiger charge is -2.37. The summed E-state index contributed by atoms with van der Waals surface area (Å²) in [6.07, 6.45) is 12.3. The summed E-state index contributed by atoms with van der Waals surface area (Å²) >= 11 is 1.45. The average molecular weight is 382 g/mol. The number of carbonyl (C=O) groups is 1. The number of aromatic nitrogens is 1. The van der Waals surface area contributed by atoms with E-state index < -0.39 is 5.60 Å². The van der Waals surface area contributed by atoms with Gasteiger partial charge < -0.3 is 4.74 Å². The first-order valence-electron chi connectivity index (χ1n) is 10.2. The molecule has 1 aromatic rings. The van der Waals surface area contributed by atoms with E-state index in [0.717, 1.165) is 11.3 Å². The summed E-state index contributed by atoms with van der Waals surface area (Å²) in [5.74, 6) is 0.0208. The molecule has 1 rings (SSSR count). The molecule has 0 N–H and O–H groups in total. The second-order valence-electron chi connectivity index (χ2n) is 8.98. The van der Waals surface area contributed by atoms with Crippen LogP contribution in [0.3, 0.4) is 0 Å². The highest BCUT2D eigenvalue weighted by Crippen LogP contribution is 2.37. The molecule has 150 valence electrons. The van der Waals surface area contributed by atoms with Crippen LogP contribution in [0.1, 0.15) is 115 Å². The molecule has 0 amide bonds. The Balaban J connectivity index is 2.61. The van der Waals surface area contributed by atoms with Gasteiger partial charge in [-0.3, -0.25) is 4.79 Å². The summed E-state index contributed by atoms with van der Waals surface area (Å²) in [5, 5.41) is 0.566. The zero-order valence-electron chi connectivity index (χ0n) is 18.0. The van der Waals surface area contributed by atoms with E-state index in [1.165, 1.54) is 56.3 Å². The van der Waals surface area contributed by atoms with Crippen LogP contribution in [0.4, 0.5) is 0 Å². The molecule has 0 radical (unpaired) electrons. The topological polar surface area (TPSA) is 39.2 Å². The van der Waals surface area contributed by atoms with Crippen molar-refractivity contribution in [3.63, 3.8) is 0 Å². The van der Waals surface area contributed by atoms with Crippen LogP contribution in [0.5, 0.6) is 0 Å². The molecule has 0 aliphatic heterocycles. The minimum absolute atomic E-state index is 0.0208. The monoisotopic (exact) mass is 381 g/mol. The summed E-state index contributed by atoms with van der Waals surface area (Å²) in [6.45, 7) is 14.8. The van der Waals surface area contributed by atoms with Crippen LogP contribution in [0, 0.1) is 5.41 Å². The normalized spacial score (nSPS) is 13.8. The number of Topliss-reactive ketones (excluding diaryl/α,β-unsaturated/α-hetero) is 1. The van der Waals surface area contributed by atoms with E-state index in [0.29, 0.717) is 5.01 Å². The third-order valence-corrected chi connectivity index (χ3v) is 6.28. The first kappa shape index (κ1) is 23.3. The van der Waals surface area contributed by atoms with Crippen LogP contribution in [0.15, 0.2) is 6.20 Å². The van der Waals surface area contributed by atoms with Gasteiger partial charge in [-0.25, -0.2) is 4.98 Å². The average Bonchev–Trinajstić information content (AvgIpc) is 3.03. The van der Waals surface area contributed by atoms with E-state index in [2.05, 4.69) is 46.5 Å². The highest BCUT2D eigenvalue weighted by Gasteiger charge is 2.34. The summed E-state index contributed by atoms with van der Waals surface area (Å²) in [7, 11) is 0. The quantitative estimate of drug-likeness (QED) is 0.285. The van der Waals surface area contributed by atoms with Crippen LogP contribution < -0.4 is 0 Å². The number of ether oxygens (including phenoxy) is 1. The van der Waals surface area contributed by atoms with Gasteiger partial charge in [0.05, 0.1) is 16.6 Å². The second-order valence-corrected chi connectivity index (χ2v) is 10.0. The first-order chi connectivity index (χ1) is 12.1. The van der Waals surface area contributed by atoms with Crippen LogP contribution in [0.2, 0.25) is 0 Å². The molecule has 0 bridgehead atoms. The van der Waals surface area contributed by atoms with Gasteiger partial charge in [-0.15, -0.1) is 11.3 Å². The molecule has 0 aliphatic rings. The summed E-state index contributed by atoms with van der Waals surface area (Å²) in [6, 6.07) is 0. The number of rotatable bonds is 12. The molecule has 1 atom stereocenters. The predicted molar refractivity (Wildman–Crippen MR) is 112 cm³/mol. The van der Waals surface area contributed by atoms with E-state index in [1.807, 2.05) is 0 Å². The third-order valence-electron chi connectivity index (χ3n) is 4.87. The first-order valence-corrected chi connectivity index (χ1v) is 11.0. The van der Waals surface area contributed by atoms with Gasteiger partial charge in [0, 0.05) is 13.1 Å². The molecule has 0 saturated heterocycles. The van der Waals surface area contributed by atoms with Gasteiger partial charge >= 0.3 is 0 Å². The maximum atomic E-state index is 11.5. The fraction of sp³-hybridized carbons (Fsp3) is 0.818. The van der Waals surface area contributed by atoms with E-state index in [9.17, 15) is 4.79 Å². The molecule has 0 fully saturated rings. The van der Waals surface area contributed by atoms with Gasteiger partial charge in [-0.1, -0.05) is 72.6 Å². The molecule has 3 nitrogen and oxygen atoms in total. The predicted octanol–water partition coefficient (Wildman–Crippen LogP) is 7.15. The van der Waals surface area contributed by atoms with Crippen molar-refractivity contribution in [2.45, 2.75) is 112 Å². The molecular weight excluding hydrogens is 342 g/mol. The van der Waals surface area contributed by atoms with Crippen molar-refractivity contribution >= 4 is 17.1 Å². The number of unbranched alkanes of at least 4 members (excludes halogenated alkanes) is 6. The molecular formula is C22H39NO2S. The number of nitrogens with zero attached hydrogens (tertiary/aromatic N) is 1. The van der Waals surface area contributed by atoms with Crippen molar-refractivity contribution in [2.75, 3.05) is 0 Å². The fourth-order valence-corrected chi connectivity index (χ4v) is 3.94. The number of carbonyl (C=O) groups excluding carboxylic acids is 1. The third kappa shape index (κ3) is 7.87. The van der Waals surface area contributed by atoms with Gasteiger partial charge in [0.2, 0.25) is 0 Å². The van der Waals surface area contributed by atoms with Crippen molar-refractivity contribution in [3.8, 4) is 0 Å². The van der Waals surface area contributed by atoms with E-state index in [1.54, 1.807) is 13.1 Å². The minimum Gasteiger partial charge on any atom is -0.366 e. The largest absolute Gasteiger partial charge is 0.366 e. The Bertz CT molecular complexity index is 543. The van der Waals surface area contributed by atoms with Gasteiger partial charge in [-0.2, -0.15) is 0 Å². The van der Waals surface area contributed by atoms with Crippen LogP contribution in [0.25, 0.3) is 0 Å². The molecule has 4 heteroatoms. The number of ketones is 1. The molecule has 0 saturated carbocycles. The number of hydrogen-bond donors (Lipinski definition) is 0. The second kappa shape index (κ2) is 10.6. The summed E-state index contributed by atoms with van der Waals surface area (Å²) in [4.78, 5) is 16.8. The van der Waals surface area contributed by atoms with Gasteiger partial charge in [0.15, 0.2) is 10.8 Å². The Morgan fingerprint density at radius 3 is 2.15 bits per heavy atom. The highest BCUT2D eigenvalue weighted by atomic mass is 32.1. The Hall–Kier alpha value is -0.740. The van der Waals surface area contributed by atoms with Crippen LogP contribution in [-0.2, 0) is 10.3 Å². The minimum atomic E-state index is -0.426. The number of hydrogen-bond acceptors (Lipinski definition) is 4. The van der Waals surface area contributed by atoms with Gasteiger partial charge in [0.25, 0.3) is 0 Å². The zero-order valence-corrected chi connectivity index (χ0v) is 18.8. The lowest BCUT2D eigenvalue weighted by Crippen LogP contribution is -2.36. The standard InChI is InChI=1S/C22H39NO2S/c1-8-9-10-11-12-13-14-15-18(21(3,4)5)25-22(6,7)19-16-23-20(26-19)17(2)24/h16,18H,8-15H2,1-7H3. The summed E-state index contributed by atoms with van der Waals surface area (Å²) < 4.78 is 6.59. The molecule has 0 aromatic carbocycles. The van der Waals surface area contributed by atoms with Crippen molar-refractivity contribution < 1.29 is 9.53 Å². The molecule has 0 aliphatic carbocycles. The Kier molecular flexibility index (Phi) is 9.46. The molecule has 1 unspecified atom stereocenters. The van der Waals surface area contributed by atoms with Crippen LogP contribution in [-0.4, -0.2) is 16.9 Å². The molecule has 1 aromatic heterocycles. The van der Waals surface area contributed by atoms with E-state index >= 15 is 0 Å². The van der Waals surface area contributed by atoms with Crippen molar-refractivity contribution in [3.05, 3.63) is 16.1 Å². The van der Waals surface area contributed by atoms with E-state index in [-0.39, 0.29) is 17.3 Å². The van der Waals surface area contributed by atoms with Gasteiger partial charge in [-0.05, 0) is 25.7 Å². The maximum absolute atomic E-state index is 11.5. The Morgan fingerprint density at radius 1 is 1.08 bits per heavy atom. The Labute approximate surface area is 165 Å². The molecule has 26 heavy (non-hydrogen) atoms. The lowest BCUT2D eigenvalue weighted by atomic mass is 9.85. The van der Waals surface area contributed by atoms with Crippen molar-refractivity contribution in [1.82, 2.24) is 4.98 Å². The zero-order chi connectivity index (χ0) is 19.8. The SMILES string of the molecule is CCCCCCCCCC(OC(C)(C)c1cnc(C(C)=O)s1)C(C)(C)C. The fourth-order valence-electron chi connectivity index (χ4n) is 3.08. The molecule has 0 spiro atoms. The van der Waals surface area contributed by atoms with Crippen molar-refractivity contribution in [2.24, 2.45) is 5.41 Å². The van der Waals surface area contributed by atoms with Crippen LogP contribution >= 0.6 is 11.3 Å². The number of thiazole rings is 1. The maximum Gasteiger partial charge on any atom is 0.188 e. The highest BCUT2D eigenvalue weighted by molar-refractivity contribution is 7.13. The Morgan fingerprint density at radius 2 is 1.65 bits per heavy atom. The summed E-state index contributed by atoms with van der Waals surface area (Å²) in [5.41, 5.74) is -0.335. The van der Waals surface area contributed by atoms with Gasteiger partial charge in [0.1, 0.15) is 0 Å².